The summed E-state index contributed by atoms with van der Waals surface area (Å²) in [6.45, 7) is 2.50. The average Bonchev–Trinajstić information content (AvgIpc) is 2.69. The molecular formula is C23H20FNO2. The highest BCUT2D eigenvalue weighted by molar-refractivity contribution is 5.89. The van der Waals surface area contributed by atoms with Crippen molar-refractivity contribution in [2.75, 3.05) is 11.4 Å². The molecule has 4 heteroatoms. The van der Waals surface area contributed by atoms with Crippen molar-refractivity contribution in [1.29, 1.82) is 0 Å². The Balaban J connectivity index is 1.59. The molecule has 1 fully saturated rings. The molecular weight excluding hydrogens is 341 g/mol. The van der Waals surface area contributed by atoms with Crippen LogP contribution in [0.1, 0.15) is 18.9 Å². The third-order valence-corrected chi connectivity index (χ3v) is 5.05. The number of ether oxygens (including phenoxy) is 1. The van der Waals surface area contributed by atoms with Crippen molar-refractivity contribution in [3.05, 3.63) is 90.2 Å². The first-order valence-corrected chi connectivity index (χ1v) is 8.97. The number of amides is 1. The van der Waals surface area contributed by atoms with Gasteiger partial charge in [-0.3, -0.25) is 4.90 Å². The van der Waals surface area contributed by atoms with Gasteiger partial charge >= 0.3 is 6.09 Å². The number of rotatable bonds is 3. The van der Waals surface area contributed by atoms with Crippen LogP contribution in [0.2, 0.25) is 0 Å². The average molecular weight is 361 g/mol. The Kier molecular flexibility index (Phi) is 4.40. The molecule has 0 aliphatic carbocycles. The van der Waals surface area contributed by atoms with Crippen LogP contribution in [0.5, 0.6) is 0 Å². The van der Waals surface area contributed by atoms with Gasteiger partial charge in [-0.2, -0.15) is 0 Å². The van der Waals surface area contributed by atoms with E-state index in [9.17, 15) is 9.18 Å². The van der Waals surface area contributed by atoms with E-state index in [0.29, 0.717) is 13.0 Å². The van der Waals surface area contributed by atoms with E-state index < -0.39 is 5.60 Å². The first kappa shape index (κ1) is 17.3. The van der Waals surface area contributed by atoms with Crippen LogP contribution in [0.15, 0.2) is 78.9 Å². The SMILES string of the molecule is C[C@]1(c2ccccc2)CCN(c2cccc(-c3cccc(F)c3)c2)C(=O)O1. The lowest BCUT2D eigenvalue weighted by Crippen LogP contribution is -2.46. The fourth-order valence-electron chi connectivity index (χ4n) is 3.47. The number of nitrogens with zero attached hydrogens (tertiary/aromatic N) is 1. The van der Waals surface area contributed by atoms with Gasteiger partial charge in [-0.05, 0) is 47.9 Å². The molecule has 3 aromatic carbocycles. The molecule has 1 aliphatic heterocycles. The van der Waals surface area contributed by atoms with Gasteiger partial charge < -0.3 is 4.74 Å². The zero-order valence-corrected chi connectivity index (χ0v) is 15.1. The van der Waals surface area contributed by atoms with E-state index in [0.717, 1.165) is 22.4 Å². The van der Waals surface area contributed by atoms with Crippen LogP contribution in [-0.4, -0.2) is 12.6 Å². The molecule has 0 radical (unpaired) electrons. The Labute approximate surface area is 158 Å². The lowest BCUT2D eigenvalue weighted by Gasteiger charge is -2.39. The summed E-state index contributed by atoms with van der Waals surface area (Å²) in [5.74, 6) is -0.283. The summed E-state index contributed by atoms with van der Waals surface area (Å²) >= 11 is 0. The minimum atomic E-state index is -0.630. The van der Waals surface area contributed by atoms with Crippen molar-refractivity contribution in [2.45, 2.75) is 18.9 Å². The Morgan fingerprint density at radius 1 is 0.926 bits per heavy atom. The van der Waals surface area contributed by atoms with E-state index in [1.165, 1.54) is 12.1 Å². The molecule has 0 N–H and O–H groups in total. The molecule has 1 heterocycles. The molecule has 1 atom stereocenters. The zero-order chi connectivity index (χ0) is 18.9. The fraction of sp³-hybridized carbons (Fsp3) is 0.174. The van der Waals surface area contributed by atoms with E-state index in [1.807, 2.05) is 67.6 Å². The van der Waals surface area contributed by atoms with Gasteiger partial charge in [0, 0.05) is 18.7 Å². The number of halogens is 1. The van der Waals surface area contributed by atoms with Gasteiger partial charge in [0.15, 0.2) is 0 Å². The Morgan fingerprint density at radius 2 is 1.63 bits per heavy atom. The molecule has 0 bridgehead atoms. The van der Waals surface area contributed by atoms with Crippen LogP contribution in [0.3, 0.4) is 0 Å². The molecule has 1 aliphatic rings. The highest BCUT2D eigenvalue weighted by atomic mass is 19.1. The third-order valence-electron chi connectivity index (χ3n) is 5.05. The van der Waals surface area contributed by atoms with E-state index >= 15 is 0 Å². The molecule has 0 unspecified atom stereocenters. The summed E-state index contributed by atoms with van der Waals surface area (Å²) in [4.78, 5) is 14.4. The Morgan fingerprint density at radius 3 is 2.33 bits per heavy atom. The van der Waals surface area contributed by atoms with Gasteiger partial charge in [-0.1, -0.05) is 54.6 Å². The predicted molar refractivity (Wildman–Crippen MR) is 104 cm³/mol. The molecule has 0 saturated carbocycles. The number of carbonyl (C=O) groups excluding carboxylic acids is 1. The minimum Gasteiger partial charge on any atom is -0.438 e. The molecule has 3 aromatic rings. The maximum Gasteiger partial charge on any atom is 0.415 e. The van der Waals surface area contributed by atoms with Gasteiger partial charge in [0.1, 0.15) is 11.4 Å². The molecule has 136 valence electrons. The number of benzene rings is 3. The number of hydrogen-bond acceptors (Lipinski definition) is 2. The van der Waals surface area contributed by atoms with E-state index in [1.54, 1.807) is 11.0 Å². The monoisotopic (exact) mass is 361 g/mol. The fourth-order valence-corrected chi connectivity index (χ4v) is 3.47. The Bertz CT molecular complexity index is 973. The first-order chi connectivity index (χ1) is 13.0. The quantitative estimate of drug-likeness (QED) is 0.594. The highest BCUT2D eigenvalue weighted by Gasteiger charge is 2.38. The van der Waals surface area contributed by atoms with Crippen LogP contribution in [0.4, 0.5) is 14.9 Å². The standard InChI is InChI=1S/C23H20FNO2/c1-23(19-9-3-2-4-10-19)13-14-25(22(26)27-23)21-12-6-8-18(16-21)17-7-5-11-20(24)15-17/h2-12,15-16H,13-14H2,1H3/t23-/m1/s1. The van der Waals surface area contributed by atoms with Crippen LogP contribution in [0, 0.1) is 5.82 Å². The molecule has 1 saturated heterocycles. The normalized spacial score (nSPS) is 19.6. The van der Waals surface area contributed by atoms with Crippen LogP contribution < -0.4 is 4.90 Å². The zero-order valence-electron chi connectivity index (χ0n) is 15.1. The molecule has 1 amide bonds. The summed E-state index contributed by atoms with van der Waals surface area (Å²) in [7, 11) is 0. The van der Waals surface area contributed by atoms with Crippen molar-refractivity contribution in [2.24, 2.45) is 0 Å². The van der Waals surface area contributed by atoms with Gasteiger partial charge in [-0.25, -0.2) is 9.18 Å². The Hall–Kier alpha value is -3.14. The minimum absolute atomic E-state index is 0.283. The summed E-state index contributed by atoms with van der Waals surface area (Å²) < 4.78 is 19.4. The summed E-state index contributed by atoms with van der Waals surface area (Å²) in [6, 6.07) is 23.8. The smallest absolute Gasteiger partial charge is 0.415 e. The molecule has 0 spiro atoms. The number of carbonyl (C=O) groups is 1. The first-order valence-electron chi connectivity index (χ1n) is 8.97. The van der Waals surface area contributed by atoms with Crippen molar-refractivity contribution < 1.29 is 13.9 Å². The van der Waals surface area contributed by atoms with Crippen LogP contribution in [0.25, 0.3) is 11.1 Å². The topological polar surface area (TPSA) is 29.5 Å². The van der Waals surface area contributed by atoms with E-state index in [4.69, 9.17) is 4.74 Å². The molecule has 0 aromatic heterocycles. The lowest BCUT2D eigenvalue weighted by molar-refractivity contribution is 0.00583. The van der Waals surface area contributed by atoms with Gasteiger partial charge in [0.25, 0.3) is 0 Å². The van der Waals surface area contributed by atoms with Crippen molar-refractivity contribution in [3.8, 4) is 11.1 Å². The maximum absolute atomic E-state index is 13.5. The summed E-state index contributed by atoms with van der Waals surface area (Å²) in [6.07, 6.45) is 0.316. The largest absolute Gasteiger partial charge is 0.438 e. The second kappa shape index (κ2) is 6.88. The molecule has 3 nitrogen and oxygen atoms in total. The molecule has 4 rings (SSSR count). The highest BCUT2D eigenvalue weighted by Crippen LogP contribution is 2.36. The number of anilines is 1. The lowest BCUT2D eigenvalue weighted by atomic mass is 9.91. The summed E-state index contributed by atoms with van der Waals surface area (Å²) in [5.41, 5.74) is 2.74. The maximum atomic E-state index is 13.5. The van der Waals surface area contributed by atoms with Crippen LogP contribution >= 0.6 is 0 Å². The van der Waals surface area contributed by atoms with Gasteiger partial charge in [0.2, 0.25) is 0 Å². The number of hydrogen-bond donors (Lipinski definition) is 0. The van der Waals surface area contributed by atoms with E-state index in [2.05, 4.69) is 0 Å². The summed E-state index contributed by atoms with van der Waals surface area (Å²) in [5, 5.41) is 0. The number of cyclic esters (lactones) is 1. The van der Waals surface area contributed by atoms with E-state index in [-0.39, 0.29) is 11.9 Å². The van der Waals surface area contributed by atoms with Gasteiger partial charge in [-0.15, -0.1) is 0 Å². The van der Waals surface area contributed by atoms with Crippen molar-refractivity contribution >= 4 is 11.8 Å². The second-order valence-electron chi connectivity index (χ2n) is 6.93. The van der Waals surface area contributed by atoms with Crippen LogP contribution in [-0.2, 0) is 10.3 Å². The molecule has 27 heavy (non-hydrogen) atoms. The van der Waals surface area contributed by atoms with Gasteiger partial charge in [0.05, 0.1) is 0 Å². The predicted octanol–water partition coefficient (Wildman–Crippen LogP) is 5.75. The third kappa shape index (κ3) is 3.43. The second-order valence-corrected chi connectivity index (χ2v) is 6.93. The van der Waals surface area contributed by atoms with Crippen molar-refractivity contribution in [3.63, 3.8) is 0 Å². The van der Waals surface area contributed by atoms with Crippen molar-refractivity contribution in [1.82, 2.24) is 0 Å².